The maximum absolute atomic E-state index is 12.8. The summed E-state index contributed by atoms with van der Waals surface area (Å²) in [5.41, 5.74) is 6.93. The summed E-state index contributed by atoms with van der Waals surface area (Å²) >= 11 is 0. The number of aliphatic imine (C=N–C) groups is 1. The van der Waals surface area contributed by atoms with E-state index in [1.54, 1.807) is 24.3 Å². The smallest absolute Gasteiger partial charge is 0.243 e. The first-order valence-corrected chi connectivity index (χ1v) is 11.7. The Morgan fingerprint density at radius 2 is 1.73 bits per heavy atom. The number of aromatic nitrogens is 2. The van der Waals surface area contributed by atoms with Crippen molar-refractivity contribution < 1.29 is 13.2 Å². The SMILES string of the molecule is NC=CC(=Nc1ccccc1)c1nn(-c2ccc(S(=O)(=O)N3CCOCC3)cc2)ccc1=O. The fourth-order valence-corrected chi connectivity index (χ4v) is 4.75. The van der Waals surface area contributed by atoms with E-state index in [9.17, 15) is 13.2 Å². The van der Waals surface area contributed by atoms with Crippen LogP contribution in [0.15, 0.2) is 93.8 Å². The van der Waals surface area contributed by atoms with E-state index in [4.69, 9.17) is 10.5 Å². The minimum atomic E-state index is -3.60. The van der Waals surface area contributed by atoms with Gasteiger partial charge in [0.15, 0.2) is 5.69 Å². The van der Waals surface area contributed by atoms with E-state index < -0.39 is 10.0 Å². The van der Waals surface area contributed by atoms with Crippen LogP contribution in [0.25, 0.3) is 5.69 Å². The zero-order valence-electron chi connectivity index (χ0n) is 17.7. The molecule has 1 aliphatic heterocycles. The van der Waals surface area contributed by atoms with Crippen LogP contribution in [0, 0.1) is 0 Å². The highest BCUT2D eigenvalue weighted by atomic mass is 32.2. The third-order valence-corrected chi connectivity index (χ3v) is 6.93. The number of sulfonamides is 1. The van der Waals surface area contributed by atoms with Gasteiger partial charge in [0.05, 0.1) is 35.2 Å². The molecule has 4 rings (SSSR count). The normalized spacial score (nSPS) is 15.7. The molecular weight excluding hydrogens is 442 g/mol. The molecule has 1 aliphatic rings. The molecule has 0 radical (unpaired) electrons. The van der Waals surface area contributed by atoms with Gasteiger partial charge in [-0.15, -0.1) is 0 Å². The van der Waals surface area contributed by atoms with E-state index in [0.29, 0.717) is 43.4 Å². The van der Waals surface area contributed by atoms with Gasteiger partial charge in [-0.05, 0) is 48.7 Å². The Morgan fingerprint density at radius 1 is 1.03 bits per heavy atom. The first-order valence-electron chi connectivity index (χ1n) is 10.3. The molecule has 0 unspecified atom stereocenters. The van der Waals surface area contributed by atoms with Crippen molar-refractivity contribution in [3.63, 3.8) is 0 Å². The molecular formula is C23H23N5O4S. The van der Waals surface area contributed by atoms with Gasteiger partial charge in [0.2, 0.25) is 15.5 Å². The maximum atomic E-state index is 12.8. The van der Waals surface area contributed by atoms with Crippen molar-refractivity contribution in [1.29, 1.82) is 0 Å². The predicted octanol–water partition coefficient (Wildman–Crippen LogP) is 1.85. The Balaban J connectivity index is 1.67. The number of para-hydroxylation sites is 1. The fraction of sp³-hybridized carbons (Fsp3) is 0.174. The number of nitrogens with zero attached hydrogens (tertiary/aromatic N) is 4. The molecule has 1 aromatic heterocycles. The van der Waals surface area contributed by atoms with Gasteiger partial charge in [0, 0.05) is 25.4 Å². The topological polar surface area (TPSA) is 120 Å². The number of ether oxygens (including phenoxy) is 1. The zero-order chi connectivity index (χ0) is 23.3. The summed E-state index contributed by atoms with van der Waals surface area (Å²) in [6.07, 6.45) is 4.33. The van der Waals surface area contributed by atoms with Crippen LogP contribution in [-0.4, -0.2) is 54.5 Å². The molecule has 1 fully saturated rings. The summed E-state index contributed by atoms with van der Waals surface area (Å²) in [4.78, 5) is 17.2. The lowest BCUT2D eigenvalue weighted by Gasteiger charge is -2.26. The molecule has 0 amide bonds. The minimum absolute atomic E-state index is 0.119. The summed E-state index contributed by atoms with van der Waals surface area (Å²) in [7, 11) is -3.60. The van der Waals surface area contributed by atoms with Crippen molar-refractivity contribution in [3.8, 4) is 5.69 Å². The van der Waals surface area contributed by atoms with E-state index in [1.165, 1.54) is 45.7 Å². The summed E-state index contributed by atoms with van der Waals surface area (Å²) in [6.45, 7) is 1.41. The standard InChI is InChI=1S/C23H23N5O4S/c24-12-10-21(25-18-4-2-1-3-5-18)23-22(29)11-13-28(26-23)19-6-8-20(9-7-19)33(30,31)27-14-16-32-17-15-27/h1-13H,14-17,24H2. The Hall–Kier alpha value is -3.60. The predicted molar refractivity (Wildman–Crippen MR) is 125 cm³/mol. The van der Waals surface area contributed by atoms with Crippen LogP contribution in [0.3, 0.4) is 0 Å². The van der Waals surface area contributed by atoms with Crippen molar-refractivity contribution in [2.75, 3.05) is 26.3 Å². The largest absolute Gasteiger partial charge is 0.405 e. The van der Waals surface area contributed by atoms with Crippen molar-refractivity contribution >= 4 is 21.4 Å². The molecule has 0 atom stereocenters. The highest BCUT2D eigenvalue weighted by molar-refractivity contribution is 7.89. The number of allylic oxidation sites excluding steroid dienone is 1. The van der Waals surface area contributed by atoms with Gasteiger partial charge in [-0.2, -0.15) is 9.40 Å². The van der Waals surface area contributed by atoms with Gasteiger partial charge >= 0.3 is 0 Å². The first-order chi connectivity index (χ1) is 16.0. The van der Waals surface area contributed by atoms with Crippen LogP contribution >= 0.6 is 0 Å². The molecule has 1 saturated heterocycles. The Bertz CT molecular complexity index is 1330. The van der Waals surface area contributed by atoms with Crippen LogP contribution in [0.5, 0.6) is 0 Å². The Morgan fingerprint density at radius 3 is 2.39 bits per heavy atom. The second-order valence-electron chi connectivity index (χ2n) is 7.18. The minimum Gasteiger partial charge on any atom is -0.405 e. The Kier molecular flexibility index (Phi) is 6.78. The lowest BCUT2D eigenvalue weighted by molar-refractivity contribution is 0.0730. The quantitative estimate of drug-likeness (QED) is 0.555. The monoisotopic (exact) mass is 465 g/mol. The molecule has 3 aromatic rings. The lowest BCUT2D eigenvalue weighted by atomic mass is 10.2. The molecule has 0 aliphatic carbocycles. The van der Waals surface area contributed by atoms with Crippen LogP contribution in [0.2, 0.25) is 0 Å². The number of benzene rings is 2. The average molecular weight is 466 g/mol. The van der Waals surface area contributed by atoms with E-state index in [0.717, 1.165) is 0 Å². The van der Waals surface area contributed by atoms with E-state index in [2.05, 4.69) is 10.1 Å². The zero-order valence-corrected chi connectivity index (χ0v) is 18.6. The maximum Gasteiger partial charge on any atom is 0.243 e. The number of morpholine rings is 1. The van der Waals surface area contributed by atoms with Crippen LogP contribution in [-0.2, 0) is 14.8 Å². The molecule has 0 bridgehead atoms. The average Bonchev–Trinajstić information content (AvgIpc) is 2.85. The molecule has 0 spiro atoms. The molecule has 9 nitrogen and oxygen atoms in total. The number of rotatable bonds is 6. The second-order valence-corrected chi connectivity index (χ2v) is 9.11. The van der Waals surface area contributed by atoms with Gasteiger partial charge in [0.1, 0.15) is 0 Å². The molecule has 170 valence electrons. The summed E-state index contributed by atoms with van der Waals surface area (Å²) in [5.74, 6) is 0. The van der Waals surface area contributed by atoms with Crippen LogP contribution < -0.4 is 11.2 Å². The molecule has 0 saturated carbocycles. The highest BCUT2D eigenvalue weighted by Gasteiger charge is 2.26. The summed E-state index contributed by atoms with van der Waals surface area (Å²) < 4.78 is 33.8. The van der Waals surface area contributed by atoms with Crippen molar-refractivity contribution in [2.24, 2.45) is 10.7 Å². The second kappa shape index (κ2) is 9.90. The third kappa shape index (κ3) is 5.08. The first kappa shape index (κ1) is 22.6. The van der Waals surface area contributed by atoms with E-state index >= 15 is 0 Å². The third-order valence-electron chi connectivity index (χ3n) is 5.02. The molecule has 2 heterocycles. The highest BCUT2D eigenvalue weighted by Crippen LogP contribution is 2.19. The van der Waals surface area contributed by atoms with Gasteiger partial charge in [-0.25, -0.2) is 18.1 Å². The van der Waals surface area contributed by atoms with E-state index in [-0.39, 0.29) is 16.0 Å². The van der Waals surface area contributed by atoms with Crippen molar-refractivity contribution in [2.45, 2.75) is 4.90 Å². The number of hydrogen-bond acceptors (Lipinski definition) is 7. The van der Waals surface area contributed by atoms with Crippen molar-refractivity contribution in [1.82, 2.24) is 14.1 Å². The molecule has 33 heavy (non-hydrogen) atoms. The number of hydrogen-bond donors (Lipinski definition) is 1. The van der Waals surface area contributed by atoms with Gasteiger partial charge in [-0.3, -0.25) is 4.79 Å². The summed E-state index contributed by atoms with van der Waals surface area (Å²) in [6, 6.07) is 16.9. The molecule has 2 aromatic carbocycles. The van der Waals surface area contributed by atoms with Gasteiger partial charge in [0.25, 0.3) is 0 Å². The van der Waals surface area contributed by atoms with Gasteiger partial charge < -0.3 is 10.5 Å². The van der Waals surface area contributed by atoms with Crippen LogP contribution in [0.1, 0.15) is 5.69 Å². The lowest BCUT2D eigenvalue weighted by Crippen LogP contribution is -2.40. The fourth-order valence-electron chi connectivity index (χ4n) is 3.34. The van der Waals surface area contributed by atoms with Gasteiger partial charge in [-0.1, -0.05) is 18.2 Å². The number of nitrogens with two attached hydrogens (primary N) is 1. The van der Waals surface area contributed by atoms with Crippen molar-refractivity contribution in [3.05, 3.63) is 95.1 Å². The Labute approximate surface area is 191 Å². The van der Waals surface area contributed by atoms with E-state index in [1.807, 2.05) is 18.2 Å². The summed E-state index contributed by atoms with van der Waals surface area (Å²) in [5, 5.41) is 4.43. The van der Waals surface area contributed by atoms with Crippen LogP contribution in [0.4, 0.5) is 5.69 Å². The molecule has 2 N–H and O–H groups in total. The molecule has 10 heteroatoms.